The van der Waals surface area contributed by atoms with E-state index in [2.05, 4.69) is 15.7 Å². The number of rotatable bonds is 4. The summed E-state index contributed by atoms with van der Waals surface area (Å²) in [4.78, 5) is 11.9. The lowest BCUT2D eigenvalue weighted by Gasteiger charge is -2.15. The third-order valence-corrected chi connectivity index (χ3v) is 2.52. The summed E-state index contributed by atoms with van der Waals surface area (Å²) in [5.74, 6) is -0.0458. The monoisotopic (exact) mass is 292 g/mol. The van der Waals surface area contributed by atoms with Crippen molar-refractivity contribution in [3.63, 3.8) is 0 Å². The average Bonchev–Trinajstić information content (AvgIpc) is 2.77. The Balaban J connectivity index is 2.10. The highest BCUT2D eigenvalue weighted by Crippen LogP contribution is 2.26. The summed E-state index contributed by atoms with van der Waals surface area (Å²) in [6.07, 6.45) is 3.07. The molecule has 2 aromatic rings. The number of amides is 2. The van der Waals surface area contributed by atoms with Crippen LogP contribution in [0.2, 0.25) is 0 Å². The maximum Gasteiger partial charge on any atom is 0.323 e. The minimum absolute atomic E-state index is 0.0857. The van der Waals surface area contributed by atoms with Gasteiger partial charge in [0.05, 0.1) is 23.7 Å². The zero-order valence-electron chi connectivity index (χ0n) is 12.1. The van der Waals surface area contributed by atoms with E-state index in [0.29, 0.717) is 11.4 Å². The van der Waals surface area contributed by atoms with Crippen molar-refractivity contribution in [2.45, 2.75) is 20.0 Å². The number of aromatic nitrogens is 2. The van der Waals surface area contributed by atoms with E-state index in [4.69, 9.17) is 4.74 Å². The Morgan fingerprint density at radius 2 is 2.14 bits per heavy atom. The molecule has 1 aromatic heterocycles. The Morgan fingerprint density at radius 1 is 1.38 bits per heavy atom. The van der Waals surface area contributed by atoms with Crippen molar-refractivity contribution in [2.75, 3.05) is 10.6 Å². The lowest BCUT2D eigenvalue weighted by Crippen LogP contribution is -2.20. The van der Waals surface area contributed by atoms with Crippen LogP contribution in [0.3, 0.4) is 0 Å². The fraction of sp³-hybridized carbons (Fsp3) is 0.286. The molecule has 0 aliphatic rings. The van der Waals surface area contributed by atoms with Gasteiger partial charge in [0, 0.05) is 19.3 Å². The van der Waals surface area contributed by atoms with Gasteiger partial charge >= 0.3 is 6.03 Å². The van der Waals surface area contributed by atoms with Crippen molar-refractivity contribution in [3.8, 4) is 5.75 Å². The van der Waals surface area contributed by atoms with Crippen LogP contribution in [-0.2, 0) is 7.05 Å². The van der Waals surface area contributed by atoms with Gasteiger partial charge in [-0.3, -0.25) is 4.68 Å². The number of ether oxygens (including phenoxy) is 1. The van der Waals surface area contributed by atoms with Gasteiger partial charge in [-0.1, -0.05) is 0 Å². The Hall–Kier alpha value is -2.57. The molecule has 0 radical (unpaired) electrons. The van der Waals surface area contributed by atoms with Gasteiger partial charge in [0.2, 0.25) is 0 Å². The highest BCUT2D eigenvalue weighted by Gasteiger charge is 2.11. The summed E-state index contributed by atoms with van der Waals surface area (Å²) in [5, 5.41) is 9.10. The fourth-order valence-corrected chi connectivity index (χ4v) is 1.73. The van der Waals surface area contributed by atoms with E-state index in [-0.39, 0.29) is 11.8 Å². The van der Waals surface area contributed by atoms with E-state index in [1.54, 1.807) is 17.9 Å². The zero-order valence-corrected chi connectivity index (χ0v) is 12.1. The number of anilines is 2. The van der Waals surface area contributed by atoms with E-state index in [9.17, 15) is 9.18 Å². The van der Waals surface area contributed by atoms with E-state index in [1.807, 2.05) is 13.8 Å². The van der Waals surface area contributed by atoms with Crippen LogP contribution in [-0.4, -0.2) is 21.9 Å². The highest BCUT2D eigenvalue weighted by atomic mass is 19.1. The summed E-state index contributed by atoms with van der Waals surface area (Å²) in [6.45, 7) is 3.70. The molecule has 0 aliphatic carbocycles. The quantitative estimate of drug-likeness (QED) is 0.910. The predicted octanol–water partition coefficient (Wildman–Crippen LogP) is 2.99. The number of carbonyl (C=O) groups is 1. The van der Waals surface area contributed by atoms with Crippen LogP contribution in [0, 0.1) is 5.82 Å². The van der Waals surface area contributed by atoms with Crippen molar-refractivity contribution in [2.24, 2.45) is 7.05 Å². The Morgan fingerprint density at radius 3 is 2.76 bits per heavy atom. The number of nitrogens with one attached hydrogen (secondary N) is 2. The van der Waals surface area contributed by atoms with Gasteiger partial charge in [0.1, 0.15) is 11.6 Å². The molecule has 0 saturated heterocycles. The Kier molecular flexibility index (Phi) is 4.42. The summed E-state index contributed by atoms with van der Waals surface area (Å²) >= 11 is 0. The number of urea groups is 1. The van der Waals surface area contributed by atoms with Crippen LogP contribution in [0.4, 0.5) is 20.6 Å². The predicted molar refractivity (Wildman–Crippen MR) is 78.0 cm³/mol. The normalized spacial score (nSPS) is 10.5. The second-order valence-corrected chi connectivity index (χ2v) is 4.79. The molecule has 0 atom stereocenters. The lowest BCUT2D eigenvalue weighted by atomic mass is 10.2. The first kappa shape index (κ1) is 14.8. The number of nitrogens with zero attached hydrogens (tertiary/aromatic N) is 2. The van der Waals surface area contributed by atoms with Gasteiger partial charge < -0.3 is 15.4 Å². The Labute approximate surface area is 121 Å². The molecule has 2 N–H and O–H groups in total. The van der Waals surface area contributed by atoms with Crippen molar-refractivity contribution in [1.82, 2.24) is 9.78 Å². The number of hydrogen-bond acceptors (Lipinski definition) is 3. The van der Waals surface area contributed by atoms with E-state index < -0.39 is 11.8 Å². The fourth-order valence-electron chi connectivity index (χ4n) is 1.73. The van der Waals surface area contributed by atoms with Gasteiger partial charge in [0.15, 0.2) is 0 Å². The molecule has 112 valence electrons. The van der Waals surface area contributed by atoms with Crippen molar-refractivity contribution >= 4 is 17.4 Å². The zero-order chi connectivity index (χ0) is 15.4. The second-order valence-electron chi connectivity index (χ2n) is 4.79. The third kappa shape index (κ3) is 4.20. The van der Waals surface area contributed by atoms with Crippen LogP contribution < -0.4 is 15.4 Å². The number of hydrogen-bond donors (Lipinski definition) is 2. The van der Waals surface area contributed by atoms with E-state index >= 15 is 0 Å². The van der Waals surface area contributed by atoms with Crippen LogP contribution in [0.25, 0.3) is 0 Å². The van der Waals surface area contributed by atoms with E-state index in [0.717, 1.165) is 0 Å². The van der Waals surface area contributed by atoms with Gasteiger partial charge in [-0.15, -0.1) is 0 Å². The van der Waals surface area contributed by atoms with Crippen LogP contribution >= 0.6 is 0 Å². The molecule has 1 aromatic carbocycles. The van der Waals surface area contributed by atoms with Crippen molar-refractivity contribution < 1.29 is 13.9 Å². The first-order valence-electron chi connectivity index (χ1n) is 6.47. The molecular formula is C14H17FN4O2. The molecular weight excluding hydrogens is 275 g/mol. The SMILES string of the molecule is CC(C)Oc1ccc(F)cc1NC(=O)Nc1cnn(C)c1. The number of aryl methyl sites for hydroxylation is 1. The number of benzene rings is 1. The molecule has 6 nitrogen and oxygen atoms in total. The van der Waals surface area contributed by atoms with Crippen molar-refractivity contribution in [3.05, 3.63) is 36.4 Å². The molecule has 2 rings (SSSR count). The largest absolute Gasteiger partial charge is 0.489 e. The van der Waals surface area contributed by atoms with Gasteiger partial charge in [0.25, 0.3) is 0 Å². The third-order valence-electron chi connectivity index (χ3n) is 2.52. The first-order chi connectivity index (χ1) is 9.94. The summed E-state index contributed by atoms with van der Waals surface area (Å²) in [6, 6.07) is 3.47. The van der Waals surface area contributed by atoms with E-state index in [1.165, 1.54) is 24.4 Å². The molecule has 0 bridgehead atoms. The first-order valence-corrected chi connectivity index (χ1v) is 6.47. The molecule has 0 spiro atoms. The molecule has 0 fully saturated rings. The highest BCUT2D eigenvalue weighted by molar-refractivity contribution is 6.00. The molecule has 0 saturated carbocycles. The lowest BCUT2D eigenvalue weighted by molar-refractivity contribution is 0.242. The summed E-state index contributed by atoms with van der Waals surface area (Å²) < 4.78 is 20.4. The molecule has 21 heavy (non-hydrogen) atoms. The Bertz CT molecular complexity index is 640. The molecule has 2 amide bonds. The van der Waals surface area contributed by atoms with Gasteiger partial charge in [-0.25, -0.2) is 9.18 Å². The van der Waals surface area contributed by atoms with Gasteiger partial charge in [-0.05, 0) is 26.0 Å². The average molecular weight is 292 g/mol. The van der Waals surface area contributed by atoms with Gasteiger partial charge in [-0.2, -0.15) is 5.10 Å². The van der Waals surface area contributed by atoms with Crippen LogP contribution in [0.15, 0.2) is 30.6 Å². The topological polar surface area (TPSA) is 68.2 Å². The number of carbonyl (C=O) groups excluding carboxylic acids is 1. The number of halogens is 1. The standard InChI is InChI=1S/C14H17FN4O2/c1-9(2)21-13-5-4-10(15)6-12(13)18-14(20)17-11-7-16-19(3)8-11/h4-9H,1-3H3,(H2,17,18,20). The minimum Gasteiger partial charge on any atom is -0.489 e. The summed E-state index contributed by atoms with van der Waals surface area (Å²) in [7, 11) is 1.74. The molecule has 0 aliphatic heterocycles. The maximum atomic E-state index is 13.3. The molecule has 7 heteroatoms. The smallest absolute Gasteiger partial charge is 0.323 e. The second kappa shape index (κ2) is 6.25. The van der Waals surface area contributed by atoms with Crippen LogP contribution in [0.1, 0.15) is 13.8 Å². The molecule has 1 heterocycles. The summed E-state index contributed by atoms with van der Waals surface area (Å²) in [5.41, 5.74) is 0.808. The van der Waals surface area contributed by atoms with Crippen molar-refractivity contribution in [1.29, 1.82) is 0 Å². The van der Waals surface area contributed by atoms with Crippen LogP contribution in [0.5, 0.6) is 5.75 Å². The maximum absolute atomic E-state index is 13.3. The molecule has 0 unspecified atom stereocenters. The minimum atomic E-state index is -0.498.